The first-order valence-corrected chi connectivity index (χ1v) is 20.2. The van der Waals surface area contributed by atoms with E-state index in [-0.39, 0.29) is 11.9 Å². The standard InChI is InChI=1S/2C21H40O2/c1-3-5-6-7-8-9-10-11-12-13-14-15-16-17-18-19-21(22)23-20-4-2;1-3-5-6-7-8-9-10-11-12-13-14-15-16-17-19-20(18-4-2)21(22)23/h11-12H,3-10,13-20H2,1-2H3;11-12,20H,3-10,13-19H2,1-2H3,(H,22,23)/b2*12-11-. The first-order chi connectivity index (χ1) is 22.5. The molecule has 46 heavy (non-hydrogen) atoms. The van der Waals surface area contributed by atoms with Gasteiger partial charge < -0.3 is 9.84 Å². The number of carbonyl (C=O) groups is 2. The molecule has 0 aliphatic carbocycles. The molecule has 0 spiro atoms. The van der Waals surface area contributed by atoms with Crippen molar-refractivity contribution in [2.45, 2.75) is 220 Å². The Hall–Kier alpha value is -1.58. The van der Waals surface area contributed by atoms with Crippen LogP contribution in [0.4, 0.5) is 0 Å². The summed E-state index contributed by atoms with van der Waals surface area (Å²) in [6.45, 7) is 9.19. The van der Waals surface area contributed by atoms with E-state index < -0.39 is 5.97 Å². The van der Waals surface area contributed by atoms with Crippen molar-refractivity contribution in [1.82, 2.24) is 0 Å². The maximum atomic E-state index is 11.3. The van der Waals surface area contributed by atoms with Gasteiger partial charge in [0, 0.05) is 6.42 Å². The van der Waals surface area contributed by atoms with Gasteiger partial charge >= 0.3 is 11.9 Å². The Balaban J connectivity index is 0. The Morgan fingerprint density at radius 3 is 1.26 bits per heavy atom. The lowest BCUT2D eigenvalue weighted by Gasteiger charge is -2.10. The normalized spacial score (nSPS) is 12.0. The lowest BCUT2D eigenvalue weighted by molar-refractivity contribution is -0.144. The van der Waals surface area contributed by atoms with E-state index in [0.29, 0.717) is 13.0 Å². The minimum absolute atomic E-state index is 0.0236. The predicted octanol–water partition coefficient (Wildman–Crippen LogP) is 14.1. The molecule has 0 saturated heterocycles. The zero-order valence-electron chi connectivity index (χ0n) is 31.5. The molecule has 4 nitrogen and oxygen atoms in total. The van der Waals surface area contributed by atoms with Gasteiger partial charge in [-0.1, -0.05) is 161 Å². The van der Waals surface area contributed by atoms with Gasteiger partial charge in [-0.05, 0) is 77.0 Å². The third-order valence-electron chi connectivity index (χ3n) is 8.66. The minimum Gasteiger partial charge on any atom is -0.481 e. The Labute approximate surface area is 288 Å². The third kappa shape index (κ3) is 40.4. The van der Waals surface area contributed by atoms with Crippen LogP contribution in [0.3, 0.4) is 0 Å². The van der Waals surface area contributed by atoms with Crippen molar-refractivity contribution in [3.63, 3.8) is 0 Å². The van der Waals surface area contributed by atoms with E-state index in [1.807, 2.05) is 6.92 Å². The first kappa shape index (κ1) is 46.5. The molecule has 0 aliphatic rings. The van der Waals surface area contributed by atoms with Crippen LogP contribution in [0.2, 0.25) is 0 Å². The van der Waals surface area contributed by atoms with Crippen molar-refractivity contribution in [3.8, 4) is 0 Å². The minimum atomic E-state index is -0.607. The van der Waals surface area contributed by atoms with Crippen LogP contribution >= 0.6 is 0 Å². The van der Waals surface area contributed by atoms with Crippen LogP contribution in [0.15, 0.2) is 24.3 Å². The molecule has 0 aliphatic heterocycles. The Morgan fingerprint density at radius 2 is 0.870 bits per heavy atom. The number of hydrogen-bond acceptors (Lipinski definition) is 3. The van der Waals surface area contributed by atoms with Crippen LogP contribution < -0.4 is 0 Å². The molecule has 4 heteroatoms. The summed E-state index contributed by atoms with van der Waals surface area (Å²) >= 11 is 0. The monoisotopic (exact) mass is 649 g/mol. The number of allylic oxidation sites excluding steroid dienone is 4. The summed E-state index contributed by atoms with van der Waals surface area (Å²) in [5.41, 5.74) is 0. The number of rotatable bonds is 34. The van der Waals surface area contributed by atoms with Gasteiger partial charge in [0.15, 0.2) is 0 Å². The molecular formula is C42H80O4. The summed E-state index contributed by atoms with van der Waals surface area (Å²) in [4.78, 5) is 22.3. The number of carboxylic acid groups (broad SMARTS) is 1. The molecule has 0 amide bonds. The molecule has 1 atom stereocenters. The van der Waals surface area contributed by atoms with Gasteiger partial charge in [-0.3, -0.25) is 9.59 Å². The maximum absolute atomic E-state index is 11.3. The van der Waals surface area contributed by atoms with Crippen LogP contribution in [0.5, 0.6) is 0 Å². The number of ether oxygens (including phenoxy) is 1. The molecule has 0 heterocycles. The Morgan fingerprint density at radius 1 is 0.478 bits per heavy atom. The number of unbranched alkanes of at least 4 members (excludes halogenated alkanes) is 21. The third-order valence-corrected chi connectivity index (χ3v) is 8.66. The van der Waals surface area contributed by atoms with Crippen LogP contribution in [-0.2, 0) is 14.3 Å². The van der Waals surface area contributed by atoms with Gasteiger partial charge in [0.1, 0.15) is 0 Å². The first-order valence-electron chi connectivity index (χ1n) is 20.2. The number of hydrogen-bond donors (Lipinski definition) is 1. The second-order valence-electron chi connectivity index (χ2n) is 13.4. The lowest BCUT2D eigenvalue weighted by Crippen LogP contribution is -2.13. The second kappa shape index (κ2) is 41.4. The van der Waals surface area contributed by atoms with Gasteiger partial charge in [-0.25, -0.2) is 0 Å². The molecule has 1 unspecified atom stereocenters. The summed E-state index contributed by atoms with van der Waals surface area (Å²) in [7, 11) is 0. The van der Waals surface area contributed by atoms with Gasteiger partial charge in [-0.2, -0.15) is 0 Å². The highest BCUT2D eigenvalue weighted by molar-refractivity contribution is 5.69. The van der Waals surface area contributed by atoms with Crippen molar-refractivity contribution in [2.75, 3.05) is 6.61 Å². The SMILES string of the molecule is CCCCCCCC/C=C\CCCCCCC(CCC)C(=O)O.CCCCCCCC/C=C\CCCCCCCC(=O)OCCC. The predicted molar refractivity (Wildman–Crippen MR) is 202 cm³/mol. The number of esters is 1. The highest BCUT2D eigenvalue weighted by Gasteiger charge is 2.15. The van der Waals surface area contributed by atoms with Gasteiger partial charge in [0.05, 0.1) is 12.5 Å². The Bertz CT molecular complexity index is 667. The van der Waals surface area contributed by atoms with Crippen LogP contribution in [0, 0.1) is 5.92 Å². The van der Waals surface area contributed by atoms with Crippen molar-refractivity contribution < 1.29 is 19.4 Å². The smallest absolute Gasteiger partial charge is 0.306 e. The summed E-state index contributed by atoms with van der Waals surface area (Å²) in [5, 5.41) is 9.10. The highest BCUT2D eigenvalue weighted by Crippen LogP contribution is 2.17. The van der Waals surface area contributed by atoms with Gasteiger partial charge in [0.25, 0.3) is 0 Å². The number of carbonyl (C=O) groups excluding carboxylic acids is 1. The average molecular weight is 649 g/mol. The van der Waals surface area contributed by atoms with Crippen molar-refractivity contribution in [1.29, 1.82) is 0 Å². The molecule has 0 rings (SSSR count). The fourth-order valence-corrected chi connectivity index (χ4v) is 5.65. The van der Waals surface area contributed by atoms with Crippen molar-refractivity contribution >= 4 is 11.9 Å². The number of aliphatic carboxylic acids is 1. The molecule has 0 aromatic carbocycles. The van der Waals surface area contributed by atoms with E-state index in [4.69, 9.17) is 9.84 Å². The molecule has 272 valence electrons. The van der Waals surface area contributed by atoms with E-state index in [9.17, 15) is 9.59 Å². The van der Waals surface area contributed by atoms with E-state index in [2.05, 4.69) is 45.1 Å². The largest absolute Gasteiger partial charge is 0.481 e. The van der Waals surface area contributed by atoms with Gasteiger partial charge in [-0.15, -0.1) is 0 Å². The zero-order chi connectivity index (χ0) is 34.2. The van der Waals surface area contributed by atoms with E-state index in [1.54, 1.807) is 0 Å². The average Bonchev–Trinajstić information content (AvgIpc) is 3.05. The maximum Gasteiger partial charge on any atom is 0.306 e. The number of carboxylic acids is 1. The molecule has 0 aromatic heterocycles. The molecule has 0 radical (unpaired) electrons. The van der Waals surface area contributed by atoms with Crippen molar-refractivity contribution in [3.05, 3.63) is 24.3 Å². The fraction of sp³-hybridized carbons (Fsp3) is 0.857. The summed E-state index contributed by atoms with van der Waals surface area (Å²) in [6, 6.07) is 0. The van der Waals surface area contributed by atoms with E-state index in [0.717, 1.165) is 44.9 Å². The topological polar surface area (TPSA) is 63.6 Å². The molecule has 0 fully saturated rings. The van der Waals surface area contributed by atoms with Gasteiger partial charge in [0.2, 0.25) is 0 Å². The second-order valence-corrected chi connectivity index (χ2v) is 13.4. The zero-order valence-corrected chi connectivity index (χ0v) is 31.5. The Kier molecular flexibility index (Phi) is 41.9. The molecular weight excluding hydrogens is 568 g/mol. The van der Waals surface area contributed by atoms with Crippen molar-refractivity contribution in [2.24, 2.45) is 5.92 Å². The van der Waals surface area contributed by atoms with Crippen LogP contribution in [-0.4, -0.2) is 23.7 Å². The van der Waals surface area contributed by atoms with Crippen LogP contribution in [0.25, 0.3) is 0 Å². The molecule has 0 aromatic rings. The quantitative estimate of drug-likeness (QED) is 0.0428. The molecule has 0 bridgehead atoms. The van der Waals surface area contributed by atoms with E-state index in [1.165, 1.54) is 141 Å². The highest BCUT2D eigenvalue weighted by atomic mass is 16.5. The summed E-state index contributed by atoms with van der Waals surface area (Å²) < 4.78 is 5.06. The molecule has 1 N–H and O–H groups in total. The lowest BCUT2D eigenvalue weighted by atomic mass is 9.96. The fourth-order valence-electron chi connectivity index (χ4n) is 5.65. The summed E-state index contributed by atoms with van der Waals surface area (Å²) in [5.74, 6) is -0.744. The molecule has 0 saturated carbocycles. The van der Waals surface area contributed by atoms with Crippen LogP contribution in [0.1, 0.15) is 220 Å². The summed E-state index contributed by atoms with van der Waals surface area (Å²) in [6.07, 6.45) is 45.7. The van der Waals surface area contributed by atoms with E-state index >= 15 is 0 Å².